The second-order valence-corrected chi connectivity index (χ2v) is 5.72. The number of rotatable bonds is 5. The summed E-state index contributed by atoms with van der Waals surface area (Å²) in [5, 5.41) is 0. The van der Waals surface area contributed by atoms with Gasteiger partial charge in [0.15, 0.2) is 0 Å². The van der Waals surface area contributed by atoms with E-state index in [1.165, 1.54) is 0 Å². The molecule has 2 unspecified atom stereocenters. The monoisotopic (exact) mass is 298 g/mol. The van der Waals surface area contributed by atoms with Crippen LogP contribution in [0.25, 0.3) is 0 Å². The minimum Gasteiger partial charge on any atom is -0.528 e. The van der Waals surface area contributed by atoms with E-state index in [9.17, 15) is 4.79 Å². The van der Waals surface area contributed by atoms with Gasteiger partial charge in [0.25, 0.3) is 0 Å². The van der Waals surface area contributed by atoms with Crippen LogP contribution < -0.4 is 0 Å². The number of carbonyl (C=O) groups is 1. The van der Waals surface area contributed by atoms with Crippen molar-refractivity contribution in [1.82, 2.24) is 0 Å². The lowest BCUT2D eigenvalue weighted by atomic mass is 9.66. The average Bonchev–Trinajstić information content (AvgIpc) is 2.57. The fourth-order valence-electron chi connectivity index (χ4n) is 3.14. The molecule has 0 saturated heterocycles. The zero-order chi connectivity index (χ0) is 15.3. The molecule has 0 aliphatic heterocycles. The summed E-state index contributed by atoms with van der Waals surface area (Å²) < 4.78 is 5.30. The molecule has 21 heavy (non-hydrogen) atoms. The zero-order valence-corrected chi connectivity index (χ0v) is 14.9. The molecule has 2 aromatic carbocycles. The molecule has 0 radical (unpaired) electrons. The van der Waals surface area contributed by atoms with Gasteiger partial charge in [0.2, 0.25) is 10.5 Å². The third-order valence-corrected chi connectivity index (χ3v) is 4.81. The largest absolute Gasteiger partial charge is 0.528 e. The molecule has 2 atom stereocenters. The Bertz CT molecular complexity index is 583. The van der Waals surface area contributed by atoms with Crippen LogP contribution in [0.5, 0.6) is 0 Å². The first-order chi connectivity index (χ1) is 10.2. The first-order valence-electron chi connectivity index (χ1n) is 7.35. The Hall–Kier alpha value is -1.87. The molecule has 0 aromatic heterocycles. The molecule has 0 saturated carbocycles. The molecule has 0 N–H and O–H groups in total. The lowest BCUT2D eigenvalue weighted by Gasteiger charge is -2.37. The quantitative estimate of drug-likeness (QED) is 0.793. The lowest BCUT2D eigenvalue weighted by molar-refractivity contribution is -0.141. The average molecular weight is 298 g/mol. The van der Waals surface area contributed by atoms with Gasteiger partial charge in [-0.3, -0.25) is 4.79 Å². The van der Waals surface area contributed by atoms with E-state index in [0.717, 1.165) is 11.1 Å². The second-order valence-electron chi connectivity index (χ2n) is 5.31. The highest BCUT2D eigenvalue weighted by Crippen LogP contribution is 2.42. The standard InChI is InChI=1S/C18H22O2Si/c1-3-18(17(19)20-21,16-12-8-5-9-13-16)14(2)15-10-6-4-7-11-15/h4-14H,3H2,1-2,21H3. The Kier molecular flexibility index (Phi) is 4.97. The van der Waals surface area contributed by atoms with Crippen molar-refractivity contribution in [2.45, 2.75) is 31.6 Å². The third-order valence-electron chi connectivity index (χ3n) is 4.44. The molecule has 2 rings (SSSR count). The first-order valence-corrected chi connectivity index (χ1v) is 8.17. The predicted molar refractivity (Wildman–Crippen MR) is 89.3 cm³/mol. The zero-order valence-electron chi connectivity index (χ0n) is 12.9. The maximum absolute atomic E-state index is 12.7. The minimum absolute atomic E-state index is 0.0625. The summed E-state index contributed by atoms with van der Waals surface area (Å²) in [6, 6.07) is 20.2. The van der Waals surface area contributed by atoms with Gasteiger partial charge in [-0.05, 0) is 17.5 Å². The Morgan fingerprint density at radius 2 is 1.62 bits per heavy atom. The smallest absolute Gasteiger partial charge is 0.303 e. The summed E-state index contributed by atoms with van der Waals surface area (Å²) in [5.74, 6) is -0.0493. The van der Waals surface area contributed by atoms with Gasteiger partial charge in [-0.25, -0.2) is 0 Å². The van der Waals surface area contributed by atoms with Gasteiger partial charge in [0.05, 0.1) is 5.41 Å². The van der Waals surface area contributed by atoms with Gasteiger partial charge in [-0.15, -0.1) is 0 Å². The van der Waals surface area contributed by atoms with Crippen LogP contribution in [-0.2, 0) is 14.6 Å². The van der Waals surface area contributed by atoms with E-state index in [1.807, 2.05) is 48.5 Å². The van der Waals surface area contributed by atoms with Crippen LogP contribution in [0, 0.1) is 0 Å². The molecular weight excluding hydrogens is 276 g/mol. The molecule has 2 aromatic rings. The summed E-state index contributed by atoms with van der Waals surface area (Å²) in [6.45, 7) is 4.18. The third kappa shape index (κ3) is 2.79. The van der Waals surface area contributed by atoms with E-state index in [0.29, 0.717) is 16.9 Å². The van der Waals surface area contributed by atoms with Crippen molar-refractivity contribution in [2.24, 2.45) is 0 Å². The van der Waals surface area contributed by atoms with E-state index in [1.54, 1.807) is 0 Å². The van der Waals surface area contributed by atoms with Crippen LogP contribution in [0.1, 0.15) is 37.3 Å². The van der Waals surface area contributed by atoms with Crippen molar-refractivity contribution in [2.75, 3.05) is 0 Å². The number of benzene rings is 2. The van der Waals surface area contributed by atoms with Gasteiger partial charge in [0, 0.05) is 5.92 Å². The maximum Gasteiger partial charge on any atom is 0.303 e. The Morgan fingerprint density at radius 3 is 2.10 bits per heavy atom. The fraction of sp³-hybridized carbons (Fsp3) is 0.278. The highest BCUT2D eigenvalue weighted by molar-refractivity contribution is 6.07. The van der Waals surface area contributed by atoms with Crippen molar-refractivity contribution in [3.63, 3.8) is 0 Å². The molecule has 3 heteroatoms. The van der Waals surface area contributed by atoms with E-state index in [4.69, 9.17) is 4.43 Å². The Morgan fingerprint density at radius 1 is 1.10 bits per heavy atom. The normalized spacial score (nSPS) is 15.1. The Balaban J connectivity index is 2.58. The summed E-state index contributed by atoms with van der Waals surface area (Å²) in [5.41, 5.74) is 1.57. The molecule has 0 heterocycles. The minimum atomic E-state index is -0.621. The van der Waals surface area contributed by atoms with Gasteiger partial charge in [-0.2, -0.15) is 0 Å². The summed E-state index contributed by atoms with van der Waals surface area (Å²) in [6.07, 6.45) is 0.716. The molecule has 0 spiro atoms. The van der Waals surface area contributed by atoms with Crippen LogP contribution in [0.15, 0.2) is 60.7 Å². The SMILES string of the molecule is CCC(C(=O)O[SiH3])(c1ccccc1)C(C)c1ccccc1. The molecule has 0 fully saturated rings. The van der Waals surface area contributed by atoms with Crippen LogP contribution >= 0.6 is 0 Å². The second kappa shape index (κ2) is 6.72. The van der Waals surface area contributed by atoms with Gasteiger partial charge in [0.1, 0.15) is 0 Å². The van der Waals surface area contributed by atoms with E-state index in [-0.39, 0.29) is 11.9 Å². The van der Waals surface area contributed by atoms with Crippen LogP contribution in [0.2, 0.25) is 0 Å². The van der Waals surface area contributed by atoms with Crippen molar-refractivity contribution in [3.05, 3.63) is 71.8 Å². The van der Waals surface area contributed by atoms with Crippen LogP contribution in [-0.4, -0.2) is 16.5 Å². The van der Waals surface area contributed by atoms with E-state index in [2.05, 4.69) is 26.0 Å². The van der Waals surface area contributed by atoms with Crippen molar-refractivity contribution in [1.29, 1.82) is 0 Å². The molecule has 110 valence electrons. The van der Waals surface area contributed by atoms with Crippen molar-refractivity contribution < 1.29 is 9.22 Å². The maximum atomic E-state index is 12.7. The first kappa shape index (κ1) is 15.5. The molecule has 0 bridgehead atoms. The lowest BCUT2D eigenvalue weighted by Crippen LogP contribution is -2.41. The molecule has 0 aliphatic carbocycles. The highest BCUT2D eigenvalue weighted by atomic mass is 28.2. The molecule has 0 aliphatic rings. The molecule has 0 amide bonds. The fourth-order valence-corrected chi connectivity index (χ4v) is 3.51. The summed E-state index contributed by atoms with van der Waals surface area (Å²) in [4.78, 5) is 12.7. The van der Waals surface area contributed by atoms with Gasteiger partial charge < -0.3 is 4.43 Å². The van der Waals surface area contributed by atoms with Crippen molar-refractivity contribution in [3.8, 4) is 0 Å². The van der Waals surface area contributed by atoms with Crippen LogP contribution in [0.3, 0.4) is 0 Å². The summed E-state index contributed by atoms with van der Waals surface area (Å²) >= 11 is 0. The van der Waals surface area contributed by atoms with Gasteiger partial charge in [-0.1, -0.05) is 74.5 Å². The molecule has 2 nitrogen and oxygen atoms in total. The van der Waals surface area contributed by atoms with Crippen LogP contribution in [0.4, 0.5) is 0 Å². The topological polar surface area (TPSA) is 26.3 Å². The number of hydrogen-bond donors (Lipinski definition) is 0. The predicted octanol–water partition coefficient (Wildman–Crippen LogP) is 2.96. The van der Waals surface area contributed by atoms with Crippen molar-refractivity contribution >= 4 is 16.5 Å². The summed E-state index contributed by atoms with van der Waals surface area (Å²) in [7, 11) is 0.418. The number of hydrogen-bond acceptors (Lipinski definition) is 2. The van der Waals surface area contributed by atoms with E-state index >= 15 is 0 Å². The molecular formula is C18H22O2Si. The van der Waals surface area contributed by atoms with E-state index < -0.39 is 5.41 Å². The van der Waals surface area contributed by atoms with Gasteiger partial charge >= 0.3 is 5.97 Å². The highest BCUT2D eigenvalue weighted by Gasteiger charge is 2.44. The number of carbonyl (C=O) groups excluding carboxylic acids is 1. The Labute approximate surface area is 129 Å².